The molecule has 0 radical (unpaired) electrons. The van der Waals surface area contributed by atoms with E-state index in [4.69, 9.17) is 11.6 Å². The average molecular weight is 411 g/mol. The van der Waals surface area contributed by atoms with Crippen LogP contribution in [0.4, 0.5) is 5.69 Å². The first kappa shape index (κ1) is 19.6. The van der Waals surface area contributed by atoms with Gasteiger partial charge in [-0.2, -0.15) is 10.2 Å². The maximum absolute atomic E-state index is 12.8. The first-order valence-electron chi connectivity index (χ1n) is 9.73. The molecule has 1 aliphatic rings. The van der Waals surface area contributed by atoms with Crippen LogP contribution in [-0.2, 0) is 4.79 Å². The fourth-order valence-electron chi connectivity index (χ4n) is 3.76. The summed E-state index contributed by atoms with van der Waals surface area (Å²) >= 11 is 5.90. The van der Waals surface area contributed by atoms with Gasteiger partial charge in [-0.05, 0) is 55.7 Å². The van der Waals surface area contributed by atoms with Gasteiger partial charge in [-0.1, -0.05) is 29.8 Å². The van der Waals surface area contributed by atoms with E-state index < -0.39 is 6.10 Å². The van der Waals surface area contributed by atoms with Crippen LogP contribution in [0.3, 0.4) is 0 Å². The highest BCUT2D eigenvalue weighted by Gasteiger charge is 2.29. The lowest BCUT2D eigenvalue weighted by Crippen LogP contribution is -2.46. The van der Waals surface area contributed by atoms with Crippen LogP contribution >= 0.6 is 11.6 Å². The van der Waals surface area contributed by atoms with Crippen LogP contribution in [0.15, 0.2) is 48.5 Å². The van der Waals surface area contributed by atoms with E-state index in [1.165, 1.54) is 0 Å². The number of aliphatic hydroxyl groups excluding tert-OH is 1. The molecule has 6 nitrogen and oxygen atoms in total. The van der Waals surface area contributed by atoms with Gasteiger partial charge in [-0.25, -0.2) is 0 Å². The van der Waals surface area contributed by atoms with E-state index in [1.807, 2.05) is 31.2 Å². The van der Waals surface area contributed by atoms with E-state index in [0.29, 0.717) is 23.7 Å². The van der Waals surface area contributed by atoms with Crippen molar-refractivity contribution in [2.24, 2.45) is 0 Å². The van der Waals surface area contributed by atoms with Crippen LogP contribution in [0.2, 0.25) is 5.02 Å². The highest BCUT2D eigenvalue weighted by atomic mass is 35.5. The molecule has 7 heteroatoms. The molecule has 1 aliphatic heterocycles. The molecule has 0 saturated carbocycles. The molecule has 0 aliphatic carbocycles. The second-order valence-electron chi connectivity index (χ2n) is 7.45. The van der Waals surface area contributed by atoms with Gasteiger partial charge in [0.25, 0.3) is 5.91 Å². The number of likely N-dealkylation sites (tertiary alicyclic amines) is 1. The highest BCUT2D eigenvalue weighted by Crippen LogP contribution is 2.26. The van der Waals surface area contributed by atoms with Crippen LogP contribution < -0.4 is 5.32 Å². The number of hydrogen-bond donors (Lipinski definition) is 2. The number of nitrogens with one attached hydrogen (secondary N) is 1. The monoisotopic (exact) mass is 410 g/mol. The third-order valence-electron chi connectivity index (χ3n) is 5.26. The van der Waals surface area contributed by atoms with E-state index in [9.17, 15) is 9.90 Å². The number of carbonyl (C=O) groups is 1. The Balaban J connectivity index is 1.48. The smallest absolute Gasteiger partial charge is 0.256 e. The summed E-state index contributed by atoms with van der Waals surface area (Å²) in [6, 6.07) is 14.8. The molecule has 150 valence electrons. The quantitative estimate of drug-likeness (QED) is 0.685. The molecule has 1 aromatic heterocycles. The molecule has 2 N–H and O–H groups in total. The van der Waals surface area contributed by atoms with Gasteiger partial charge in [0.2, 0.25) is 0 Å². The fraction of sp³-hybridized carbons (Fsp3) is 0.318. The molecule has 0 bridgehead atoms. The van der Waals surface area contributed by atoms with Gasteiger partial charge >= 0.3 is 0 Å². The van der Waals surface area contributed by atoms with Gasteiger partial charge in [-0.15, -0.1) is 0 Å². The van der Waals surface area contributed by atoms with Crippen molar-refractivity contribution in [3.05, 3.63) is 64.8 Å². The zero-order valence-electron chi connectivity index (χ0n) is 16.2. The summed E-state index contributed by atoms with van der Waals surface area (Å²) in [6.07, 6.45) is 0.649. The van der Waals surface area contributed by atoms with Crippen molar-refractivity contribution in [1.82, 2.24) is 15.1 Å². The predicted octanol–water partition coefficient (Wildman–Crippen LogP) is 3.73. The zero-order chi connectivity index (χ0) is 20.4. The number of carbonyl (C=O) groups excluding carboxylic acids is 1. The Bertz CT molecular complexity index is 1030. The first-order valence-corrected chi connectivity index (χ1v) is 10.1. The van der Waals surface area contributed by atoms with Gasteiger partial charge in [0.05, 0.1) is 11.2 Å². The average Bonchev–Trinajstić information content (AvgIpc) is 2.74. The molecule has 2 heterocycles. The molecule has 2 unspecified atom stereocenters. The number of rotatable bonds is 4. The van der Waals surface area contributed by atoms with Gasteiger partial charge in [-0.3, -0.25) is 4.79 Å². The second-order valence-corrected chi connectivity index (χ2v) is 7.88. The molecule has 1 amide bonds. The van der Waals surface area contributed by atoms with Crippen molar-refractivity contribution in [2.75, 3.05) is 18.4 Å². The predicted molar refractivity (Wildman–Crippen MR) is 114 cm³/mol. The number of aromatic nitrogens is 2. The van der Waals surface area contributed by atoms with E-state index in [0.717, 1.165) is 35.1 Å². The lowest BCUT2D eigenvalue weighted by atomic mass is 10.0. The zero-order valence-corrected chi connectivity index (χ0v) is 16.9. The fourth-order valence-corrected chi connectivity index (χ4v) is 3.89. The Kier molecular flexibility index (Phi) is 5.65. The number of amides is 1. The molecule has 29 heavy (non-hydrogen) atoms. The SMILES string of the molecule is Cc1cc2c(NC3CCCN(C(=O)C(O)c4ccc(Cl)cc4)C3)cccc2nn1. The molecule has 1 saturated heterocycles. The van der Waals surface area contributed by atoms with E-state index in [2.05, 4.69) is 15.5 Å². The molecule has 3 aromatic rings. The second kappa shape index (κ2) is 8.35. The number of hydrogen-bond acceptors (Lipinski definition) is 5. The van der Waals surface area contributed by atoms with Crippen LogP contribution in [-0.4, -0.2) is 45.2 Å². The standard InChI is InChI=1S/C22H23ClN4O2/c1-14-12-18-19(5-2-6-20(18)26-25-14)24-17-4-3-11-27(13-17)22(29)21(28)15-7-9-16(23)10-8-15/h2,5-10,12,17,21,24,28H,3-4,11,13H2,1H3. The van der Waals surface area contributed by atoms with E-state index >= 15 is 0 Å². The molecule has 1 fully saturated rings. The number of fused-ring (bicyclic) bond motifs is 1. The maximum Gasteiger partial charge on any atom is 0.256 e. The van der Waals surface area contributed by atoms with Crippen LogP contribution in [0.5, 0.6) is 0 Å². The third-order valence-corrected chi connectivity index (χ3v) is 5.52. The largest absolute Gasteiger partial charge is 0.380 e. The minimum Gasteiger partial charge on any atom is -0.380 e. The minimum atomic E-state index is -1.18. The van der Waals surface area contributed by atoms with Crippen molar-refractivity contribution in [2.45, 2.75) is 31.9 Å². The van der Waals surface area contributed by atoms with E-state index in [1.54, 1.807) is 29.2 Å². The number of benzene rings is 2. The number of nitrogens with zero attached hydrogens (tertiary/aromatic N) is 3. The lowest BCUT2D eigenvalue weighted by molar-refractivity contribution is -0.141. The number of halogens is 1. The molecular formula is C22H23ClN4O2. The van der Waals surface area contributed by atoms with E-state index in [-0.39, 0.29) is 11.9 Å². The van der Waals surface area contributed by atoms with Crippen molar-refractivity contribution < 1.29 is 9.90 Å². The summed E-state index contributed by atoms with van der Waals surface area (Å²) in [5, 5.41) is 24.0. The highest BCUT2D eigenvalue weighted by molar-refractivity contribution is 6.30. The number of anilines is 1. The van der Waals surface area contributed by atoms with Crippen LogP contribution in [0.1, 0.15) is 30.2 Å². The normalized spacial score (nSPS) is 17.9. The van der Waals surface area contributed by atoms with Crippen molar-refractivity contribution >= 4 is 34.1 Å². The Hall–Kier alpha value is -2.70. The van der Waals surface area contributed by atoms with Crippen molar-refractivity contribution in [1.29, 1.82) is 0 Å². The first-order chi connectivity index (χ1) is 14.0. The summed E-state index contributed by atoms with van der Waals surface area (Å²) in [5.74, 6) is -0.279. The Morgan fingerprint density at radius 1 is 1.24 bits per heavy atom. The Morgan fingerprint density at radius 2 is 2.03 bits per heavy atom. The van der Waals surface area contributed by atoms with Gasteiger partial charge in [0, 0.05) is 35.2 Å². The van der Waals surface area contributed by atoms with Crippen LogP contribution in [0, 0.1) is 6.92 Å². The Morgan fingerprint density at radius 3 is 2.83 bits per heavy atom. The molecule has 0 spiro atoms. The van der Waals surface area contributed by atoms with Gasteiger partial charge in [0.15, 0.2) is 6.10 Å². The maximum atomic E-state index is 12.8. The lowest BCUT2D eigenvalue weighted by Gasteiger charge is -2.35. The van der Waals surface area contributed by atoms with Crippen LogP contribution in [0.25, 0.3) is 10.9 Å². The number of aliphatic hydroxyl groups is 1. The summed E-state index contributed by atoms with van der Waals surface area (Å²) in [7, 11) is 0. The molecule has 2 atom stereocenters. The number of aryl methyl sites for hydroxylation is 1. The third kappa shape index (κ3) is 4.33. The van der Waals surface area contributed by atoms with Gasteiger partial charge in [0.1, 0.15) is 0 Å². The summed E-state index contributed by atoms with van der Waals surface area (Å²) < 4.78 is 0. The minimum absolute atomic E-state index is 0.101. The van der Waals surface area contributed by atoms with Crippen molar-refractivity contribution in [3.63, 3.8) is 0 Å². The molecule has 4 rings (SSSR count). The summed E-state index contributed by atoms with van der Waals surface area (Å²) in [6.45, 7) is 3.10. The topological polar surface area (TPSA) is 78.4 Å². The Labute approximate surface area is 174 Å². The van der Waals surface area contributed by atoms with Crippen molar-refractivity contribution in [3.8, 4) is 0 Å². The molecule has 2 aromatic carbocycles. The van der Waals surface area contributed by atoms with Gasteiger partial charge < -0.3 is 15.3 Å². The summed E-state index contributed by atoms with van der Waals surface area (Å²) in [4.78, 5) is 14.6. The molecular weight excluding hydrogens is 388 g/mol. The summed E-state index contributed by atoms with van der Waals surface area (Å²) in [5.41, 5.74) is 3.23. The number of piperidine rings is 1.